The van der Waals surface area contributed by atoms with Crippen LogP contribution < -0.4 is 4.90 Å². The third-order valence-corrected chi connectivity index (χ3v) is 7.24. The van der Waals surface area contributed by atoms with E-state index in [2.05, 4.69) is 38.4 Å². The van der Waals surface area contributed by atoms with E-state index in [1.165, 1.54) is 0 Å². The Labute approximate surface area is 186 Å². The zero-order valence-electron chi connectivity index (χ0n) is 18.5. The van der Waals surface area contributed by atoms with Crippen molar-refractivity contribution in [3.63, 3.8) is 0 Å². The van der Waals surface area contributed by atoms with Gasteiger partial charge in [0.2, 0.25) is 0 Å². The van der Waals surface area contributed by atoms with Gasteiger partial charge in [0.25, 0.3) is 0 Å². The molecule has 1 N–H and O–H groups in total. The summed E-state index contributed by atoms with van der Waals surface area (Å²) in [5.41, 5.74) is 0.943. The molecule has 4 heterocycles. The van der Waals surface area contributed by atoms with E-state index >= 15 is 4.39 Å². The van der Waals surface area contributed by atoms with Crippen LogP contribution in [0.5, 0.6) is 5.75 Å². The van der Waals surface area contributed by atoms with Crippen LogP contribution in [0, 0.1) is 0 Å². The summed E-state index contributed by atoms with van der Waals surface area (Å²) in [6.07, 6.45) is 6.96. The molecule has 166 valence electrons. The lowest BCUT2D eigenvalue weighted by Crippen LogP contribution is -2.66. The first-order valence-electron chi connectivity index (χ1n) is 10.6. The lowest BCUT2D eigenvalue weighted by molar-refractivity contribution is -0.0216. The second-order valence-electron chi connectivity index (χ2n) is 9.09. The van der Waals surface area contributed by atoms with Crippen molar-refractivity contribution in [3.8, 4) is 22.7 Å². The quantitative estimate of drug-likeness (QED) is 0.631. The molecule has 2 aliphatic rings. The van der Waals surface area contributed by atoms with Gasteiger partial charge in [-0.15, -0.1) is 15.3 Å². The number of halogens is 1. The molecule has 0 saturated carbocycles. The highest BCUT2D eigenvalue weighted by Crippen LogP contribution is 2.47. The van der Waals surface area contributed by atoms with Crippen molar-refractivity contribution in [2.24, 2.45) is 0 Å². The summed E-state index contributed by atoms with van der Waals surface area (Å²) in [7, 11) is 3.85. The minimum Gasteiger partial charge on any atom is -0.507 e. The predicted octanol–water partition coefficient (Wildman–Crippen LogP) is 3.00. The molecule has 0 radical (unpaired) electrons. The van der Waals surface area contributed by atoms with Gasteiger partial charge >= 0.3 is 0 Å². The van der Waals surface area contributed by atoms with Gasteiger partial charge in [0.05, 0.1) is 35.4 Å². The van der Waals surface area contributed by atoms with E-state index in [9.17, 15) is 5.11 Å². The van der Waals surface area contributed by atoms with Crippen LogP contribution in [-0.4, -0.2) is 72.6 Å². The minimum atomic E-state index is -1.07. The summed E-state index contributed by atoms with van der Waals surface area (Å²) in [5, 5.41) is 26.9. The zero-order valence-corrected chi connectivity index (χ0v) is 18.5. The van der Waals surface area contributed by atoms with E-state index in [-0.39, 0.29) is 17.3 Å². The fraction of sp³-hybridized carbons (Fsp3) is 0.391. The van der Waals surface area contributed by atoms with E-state index in [1.54, 1.807) is 35.3 Å². The fourth-order valence-corrected chi connectivity index (χ4v) is 4.91. The molecule has 2 aromatic heterocycles. The van der Waals surface area contributed by atoms with Crippen LogP contribution in [0.2, 0.25) is 0 Å². The van der Waals surface area contributed by atoms with Gasteiger partial charge in [-0.25, -0.2) is 9.07 Å². The number of piperidine rings is 1. The molecule has 5 rings (SSSR count). The molecule has 9 heteroatoms. The molecule has 1 saturated heterocycles. The summed E-state index contributed by atoms with van der Waals surface area (Å²) in [5.74, 6) is 0.660. The van der Waals surface area contributed by atoms with Gasteiger partial charge in [-0.05, 0) is 51.6 Å². The van der Waals surface area contributed by atoms with Gasteiger partial charge in [0.1, 0.15) is 11.9 Å². The first-order chi connectivity index (χ1) is 15.2. The van der Waals surface area contributed by atoms with Gasteiger partial charge in [0, 0.05) is 24.2 Å². The summed E-state index contributed by atoms with van der Waals surface area (Å²) in [4.78, 5) is 4.00. The zero-order chi connectivity index (χ0) is 22.7. The molecule has 0 unspecified atom stereocenters. The molecule has 32 heavy (non-hydrogen) atoms. The van der Waals surface area contributed by atoms with Crippen molar-refractivity contribution in [2.45, 2.75) is 43.6 Å². The molecule has 1 fully saturated rings. The standard InChI is InChI=1S/C23H26FN7O/c1-22-9-10-23(2,30(22)4)21(24)18(14-22)29(3)20-8-7-17(26-27-20)16-6-5-15(13-19(16)32)31-12-11-25-28-31/h5-13,18,21,32H,14H2,1-4H3/t18-,21+,22-,23+/m0/s1. The molecule has 2 bridgehead atoms. The Balaban J connectivity index is 1.38. The number of phenols is 1. The number of phenolic OH excluding ortho intramolecular Hbond substituents is 1. The van der Waals surface area contributed by atoms with Gasteiger partial charge < -0.3 is 10.0 Å². The number of aromatic nitrogens is 5. The first kappa shape index (κ1) is 20.6. The predicted molar refractivity (Wildman–Crippen MR) is 119 cm³/mol. The smallest absolute Gasteiger partial charge is 0.151 e. The number of alkyl halides is 1. The van der Waals surface area contributed by atoms with Crippen molar-refractivity contribution in [1.82, 2.24) is 30.1 Å². The van der Waals surface area contributed by atoms with E-state index in [4.69, 9.17) is 0 Å². The highest BCUT2D eigenvalue weighted by Gasteiger charge is 2.57. The third kappa shape index (κ3) is 2.99. The SMILES string of the molecule is CN(c1ccc(-c2ccc(-n3ccnn3)cc2O)nn1)[C@H]1C[C@]2(C)C=C[C@](C)([C@@H]1F)N2C. The molecule has 0 amide bonds. The average Bonchev–Trinajstić information content (AvgIpc) is 3.39. The fourth-order valence-electron chi connectivity index (χ4n) is 4.91. The summed E-state index contributed by atoms with van der Waals surface area (Å²) in [6, 6.07) is 8.47. The number of anilines is 1. The van der Waals surface area contributed by atoms with E-state index in [1.807, 2.05) is 44.1 Å². The number of rotatable bonds is 4. The Bertz CT molecular complexity index is 1170. The summed E-state index contributed by atoms with van der Waals surface area (Å²) in [6.45, 7) is 4.09. The normalized spacial score (nSPS) is 29.4. The Kier molecular flexibility index (Phi) is 4.56. The van der Waals surface area contributed by atoms with E-state index in [0.29, 0.717) is 29.2 Å². The first-order valence-corrected chi connectivity index (χ1v) is 10.6. The van der Waals surface area contributed by atoms with Crippen molar-refractivity contribution in [2.75, 3.05) is 19.0 Å². The Morgan fingerprint density at radius 2 is 1.97 bits per heavy atom. The Morgan fingerprint density at radius 3 is 2.62 bits per heavy atom. The minimum absolute atomic E-state index is 0.0658. The van der Waals surface area contributed by atoms with Gasteiger partial charge in [-0.2, -0.15) is 0 Å². The number of nitrogens with zero attached hydrogens (tertiary/aromatic N) is 7. The van der Waals surface area contributed by atoms with Crippen molar-refractivity contribution in [3.05, 3.63) is 54.9 Å². The van der Waals surface area contributed by atoms with Crippen molar-refractivity contribution < 1.29 is 9.50 Å². The lowest BCUT2D eigenvalue weighted by atomic mass is 9.79. The lowest BCUT2D eigenvalue weighted by Gasteiger charge is -2.53. The molecule has 4 atom stereocenters. The summed E-state index contributed by atoms with van der Waals surface area (Å²) >= 11 is 0. The maximum absolute atomic E-state index is 15.6. The number of hydrogen-bond acceptors (Lipinski definition) is 7. The average molecular weight is 436 g/mol. The van der Waals surface area contributed by atoms with Gasteiger partial charge in [0.15, 0.2) is 5.82 Å². The number of fused-ring (bicyclic) bond motifs is 2. The molecule has 2 aliphatic heterocycles. The van der Waals surface area contributed by atoms with E-state index in [0.717, 1.165) is 0 Å². The highest BCUT2D eigenvalue weighted by molar-refractivity contribution is 5.69. The monoisotopic (exact) mass is 435 g/mol. The third-order valence-electron chi connectivity index (χ3n) is 7.24. The number of hydrogen-bond donors (Lipinski definition) is 1. The summed E-state index contributed by atoms with van der Waals surface area (Å²) < 4.78 is 17.2. The van der Waals surface area contributed by atoms with Crippen LogP contribution in [0.3, 0.4) is 0 Å². The van der Waals surface area contributed by atoms with Crippen LogP contribution in [0.15, 0.2) is 54.9 Å². The van der Waals surface area contributed by atoms with Crippen LogP contribution in [-0.2, 0) is 0 Å². The second-order valence-corrected chi connectivity index (χ2v) is 9.09. The Hall–Kier alpha value is -3.33. The van der Waals surface area contributed by atoms with E-state index < -0.39 is 11.7 Å². The molecular formula is C23H26FN7O. The van der Waals surface area contributed by atoms with Gasteiger partial charge in [-0.1, -0.05) is 17.4 Å². The second kappa shape index (κ2) is 7.09. The maximum atomic E-state index is 15.6. The van der Waals surface area contributed by atoms with Crippen LogP contribution in [0.1, 0.15) is 20.3 Å². The molecule has 0 spiro atoms. The largest absolute Gasteiger partial charge is 0.507 e. The van der Waals surface area contributed by atoms with Gasteiger partial charge in [-0.3, -0.25) is 4.90 Å². The number of aromatic hydroxyl groups is 1. The molecule has 3 aromatic rings. The van der Waals surface area contributed by atoms with Crippen LogP contribution in [0.4, 0.5) is 10.2 Å². The Morgan fingerprint density at radius 1 is 1.16 bits per heavy atom. The molecular weight excluding hydrogens is 409 g/mol. The topological polar surface area (TPSA) is 83.2 Å². The van der Waals surface area contributed by atoms with Crippen LogP contribution >= 0.6 is 0 Å². The van der Waals surface area contributed by atoms with Crippen LogP contribution in [0.25, 0.3) is 16.9 Å². The maximum Gasteiger partial charge on any atom is 0.151 e. The molecule has 8 nitrogen and oxygen atoms in total. The highest BCUT2D eigenvalue weighted by atomic mass is 19.1. The van der Waals surface area contributed by atoms with Crippen molar-refractivity contribution >= 4 is 5.82 Å². The number of benzene rings is 1. The molecule has 0 aliphatic carbocycles. The molecule has 1 aromatic carbocycles. The number of likely N-dealkylation sites (N-methyl/N-ethyl adjacent to an activating group) is 1. The van der Waals surface area contributed by atoms with Crippen molar-refractivity contribution in [1.29, 1.82) is 0 Å².